The van der Waals surface area contributed by atoms with E-state index in [1.165, 1.54) is 627 Å². The van der Waals surface area contributed by atoms with Crippen LogP contribution >= 0.6 is 0 Å². The molecule has 0 saturated carbocycles. The Morgan fingerprint density at radius 2 is 0.211 bits per heavy atom. The van der Waals surface area contributed by atoms with Gasteiger partial charge in [-0.05, 0) is 655 Å². The molecule has 54 aromatic rings. The summed E-state index contributed by atoms with van der Waals surface area (Å²) >= 11 is 0. The summed E-state index contributed by atoms with van der Waals surface area (Å²) in [4.78, 5) is 73.3. The van der Waals surface area contributed by atoms with Gasteiger partial charge in [-0.25, -0.2) is 0 Å². The van der Waals surface area contributed by atoms with Crippen molar-refractivity contribution in [2.24, 2.45) is 11.8 Å². The molecule has 0 spiro atoms. The van der Waals surface area contributed by atoms with Crippen LogP contribution in [0, 0.1) is 11.8 Å². The molecule has 0 heterocycles. The fourth-order valence-electron chi connectivity index (χ4n) is 50.4. The molecule has 0 saturated heterocycles. The molecule has 64 rings (SSSR count). The maximum Gasteiger partial charge on any atom is 0.321 e. The zero-order valence-electron chi connectivity index (χ0n) is 73.2. The van der Waals surface area contributed by atoms with Gasteiger partial charge in [0.15, 0.2) is 11.8 Å². The van der Waals surface area contributed by atoms with Crippen molar-refractivity contribution >= 4 is 584 Å². The standard InChI is InChI=1S/C134H22O8/c1-5-139-127(135)125(128(136)140-6-2)131-113-97-79-65-39-25-13-15-19-11-9-17(13)35(39)47-43-21(9)29-23(11)45-49-37(19)41-27(15)33-31(25)53-69-55(33)73-67(41)81-77(49)85-59(45)63-51(29)61-57(43)83(75(47)79)105(113)109-87(61)89(63)111-107(85)115-99(81)93(73)103-95(69)101(91(97)71(53)65)117(131)121(103)133(115,123(111)119(109)131)134-116-100-82-68-42-28-16-14-18-10-12-20(16)38(42)50-46-24(12)30-22(10)44-48-36(18)40-26(14)32-34(28)56-70-54(32)72-66(40)80-76(48)84-58(44)62-52(30)64-60(46)86(78(50)82)108(116)112-90(64)88(62)110-106(84)114-98(80)92(72)102-96(70)104(94(100)74(56)68)122(134)118(102)132(114,120(110)124(112)134)126(129(137)141-7-3)130(138)142-8-4/h125-126H,5-8H2,1-4H3. The first-order chi connectivity index (χ1) is 70.4. The second-order valence-electron chi connectivity index (χ2n) is 50.5. The van der Waals surface area contributed by atoms with Crippen molar-refractivity contribution in [2.45, 2.75) is 49.4 Å². The Labute approximate surface area is 770 Å². The predicted octanol–water partition coefficient (Wildman–Crippen LogP) is 32.4. The van der Waals surface area contributed by atoms with E-state index in [2.05, 4.69) is 0 Å². The summed E-state index contributed by atoms with van der Waals surface area (Å²) in [6, 6.07) is 0. The highest BCUT2D eigenvalue weighted by Crippen LogP contribution is 2.94. The van der Waals surface area contributed by atoms with E-state index >= 15 is 19.2 Å². The first-order valence-electron chi connectivity index (χ1n) is 52.6. The Morgan fingerprint density at radius 1 is 0.127 bits per heavy atom. The molecular formula is C134H22O8. The van der Waals surface area contributed by atoms with Crippen LogP contribution in [0.4, 0.5) is 0 Å². The topological polar surface area (TPSA) is 105 Å². The van der Waals surface area contributed by atoms with Gasteiger partial charge in [-0.15, -0.1) is 0 Å². The second kappa shape index (κ2) is 12.9. The minimum Gasteiger partial charge on any atom is -0.465 e. The Balaban J connectivity index is 0.766. The van der Waals surface area contributed by atoms with Gasteiger partial charge in [-0.3, -0.25) is 19.2 Å². The lowest BCUT2D eigenvalue weighted by molar-refractivity contribution is -0.165. The Kier molecular flexibility index (Phi) is 5.02. The number of hydrogen-bond donors (Lipinski definition) is 0. The van der Waals surface area contributed by atoms with Gasteiger partial charge in [-0.2, -0.15) is 0 Å². The second-order valence-corrected chi connectivity index (χ2v) is 50.5. The van der Waals surface area contributed by atoms with Gasteiger partial charge in [0.05, 0.1) is 48.1 Å². The molecule has 4 unspecified atom stereocenters. The third kappa shape index (κ3) is 3.03. The van der Waals surface area contributed by atoms with Gasteiger partial charge in [0.2, 0.25) is 0 Å². The number of benzene rings is 34. The summed E-state index contributed by atoms with van der Waals surface area (Å²) in [5.74, 6) is -5.07. The van der Waals surface area contributed by atoms with Crippen LogP contribution in [-0.4, -0.2) is 50.3 Å². The van der Waals surface area contributed by atoms with E-state index in [0.717, 1.165) is 0 Å². The Bertz CT molecular complexity index is 15600. The van der Waals surface area contributed by atoms with E-state index in [0.29, 0.717) is 0 Å². The zero-order chi connectivity index (χ0) is 86.1. The smallest absolute Gasteiger partial charge is 0.321 e. The lowest BCUT2D eigenvalue weighted by atomic mass is 9.38. The summed E-state index contributed by atoms with van der Waals surface area (Å²) in [7, 11) is 0. The lowest BCUT2D eigenvalue weighted by Crippen LogP contribution is -2.61. The number of ether oxygens (including phenoxy) is 4. The monoisotopic (exact) mass is 1760 g/mol. The Morgan fingerprint density at radius 3 is 0.352 bits per heavy atom. The zero-order valence-corrected chi connectivity index (χ0v) is 73.2. The molecule has 10 aliphatic carbocycles. The SMILES string of the molecule is CCOC(=O)C(C(=O)OCC)C12c3c4c5c6c7c8c9c%10c(c1c1c%11c2c2c%12c3c5c3c5c%12c%12c2c2c%11c%11c%13c1c%10c1c%10c9c9c7c7c6c3c3c5c5c%12c6c2c%11c2c(c%131)c1c%10c9c9c7c3c3c9c1c2c6c53)C48C12c3c4c5c6c7c8c9c%10c(c1c1c%11c2c2c%12c3c5c3c5c6c6c7c7c9c9c%13c%10c1c1c%10c%11c%11c2c2c%12c3c3c5c5c6c6c7c9c7c(c%131)c1c%10c%11c9c2c3c2c9c1c7c6c52)C48C(C(=O)OCC)C(=O)OCC. The highest BCUT2D eigenvalue weighted by Gasteiger charge is 2.82. The molecule has 0 bridgehead atoms. The van der Waals surface area contributed by atoms with Crippen molar-refractivity contribution < 1.29 is 38.1 Å². The largest absolute Gasteiger partial charge is 0.465 e. The predicted molar refractivity (Wildman–Crippen MR) is 578 cm³/mol. The van der Waals surface area contributed by atoms with Crippen molar-refractivity contribution in [2.75, 3.05) is 26.4 Å². The molecule has 10 aliphatic rings. The van der Waals surface area contributed by atoms with E-state index in [4.69, 9.17) is 18.9 Å². The number of rotatable bonds is 11. The number of carbonyl (C=O) groups excluding carboxylic acids is 4. The average molecular weight is 1760 g/mol. The summed E-state index contributed by atoms with van der Waals surface area (Å²) < 4.78 is 28.7. The van der Waals surface area contributed by atoms with E-state index in [-0.39, 0.29) is 26.4 Å². The maximum atomic E-state index is 18.3. The molecule has 54 aromatic carbocycles. The summed E-state index contributed by atoms with van der Waals surface area (Å²) in [6.07, 6.45) is 0. The Hall–Kier alpha value is -17.2. The van der Waals surface area contributed by atoms with E-state index in [1.807, 2.05) is 27.7 Å². The third-order valence-corrected chi connectivity index (χ3v) is 50.1. The molecule has 606 valence electrons. The van der Waals surface area contributed by atoms with Crippen LogP contribution in [0.5, 0.6) is 0 Å². The molecule has 0 radical (unpaired) electrons. The van der Waals surface area contributed by atoms with Crippen molar-refractivity contribution in [1.29, 1.82) is 0 Å². The molecular weight excluding hydrogens is 1740 g/mol. The van der Waals surface area contributed by atoms with Crippen molar-refractivity contribution in [3.05, 3.63) is 66.8 Å². The number of esters is 4. The van der Waals surface area contributed by atoms with Crippen LogP contribution in [-0.2, 0) is 59.8 Å². The van der Waals surface area contributed by atoms with Gasteiger partial charge in [0.1, 0.15) is 0 Å². The highest BCUT2D eigenvalue weighted by molar-refractivity contribution is 6.87. The minimum atomic E-state index is -1.58. The molecule has 0 fully saturated rings. The molecule has 4 atom stereocenters. The molecule has 142 heavy (non-hydrogen) atoms. The summed E-state index contributed by atoms with van der Waals surface area (Å²) in [5, 5.41) is 149. The van der Waals surface area contributed by atoms with Crippen molar-refractivity contribution in [1.82, 2.24) is 0 Å². The quantitative estimate of drug-likeness (QED) is 0.0546. The molecule has 8 nitrogen and oxygen atoms in total. The number of hydrogen-bond acceptors (Lipinski definition) is 8. The van der Waals surface area contributed by atoms with Crippen LogP contribution in [0.2, 0.25) is 0 Å². The van der Waals surface area contributed by atoms with Crippen LogP contribution in [0.15, 0.2) is 0 Å². The summed E-state index contributed by atoms with van der Waals surface area (Å²) in [5.41, 5.74) is 9.32. The normalized spacial score (nSPS) is 21.7. The van der Waals surface area contributed by atoms with Gasteiger partial charge >= 0.3 is 23.9 Å². The number of carbonyl (C=O) groups is 4. The van der Waals surface area contributed by atoms with Crippen LogP contribution in [0.25, 0.3) is 560 Å². The van der Waals surface area contributed by atoms with E-state index < -0.39 is 57.4 Å². The molecule has 0 aromatic heterocycles. The highest BCUT2D eigenvalue weighted by atomic mass is 16.6. The molecule has 0 aliphatic heterocycles. The van der Waals surface area contributed by atoms with Crippen molar-refractivity contribution in [3.8, 4) is 0 Å². The van der Waals surface area contributed by atoms with Crippen LogP contribution in [0.3, 0.4) is 0 Å². The summed E-state index contributed by atoms with van der Waals surface area (Å²) in [6.45, 7) is 8.20. The van der Waals surface area contributed by atoms with Crippen LogP contribution < -0.4 is 0 Å². The van der Waals surface area contributed by atoms with Gasteiger partial charge in [0, 0.05) is 0 Å². The van der Waals surface area contributed by atoms with Gasteiger partial charge in [0.25, 0.3) is 0 Å². The maximum absolute atomic E-state index is 18.3. The van der Waals surface area contributed by atoms with Crippen LogP contribution in [0.1, 0.15) is 94.5 Å². The molecule has 0 amide bonds. The first kappa shape index (κ1) is 55.4. The lowest BCUT2D eigenvalue weighted by Gasteiger charge is -2.61. The fourth-order valence-corrected chi connectivity index (χ4v) is 50.4. The van der Waals surface area contributed by atoms with E-state index in [1.54, 1.807) is 0 Å². The minimum absolute atomic E-state index is 0.0770. The van der Waals surface area contributed by atoms with E-state index in [9.17, 15) is 0 Å². The third-order valence-electron chi connectivity index (χ3n) is 50.1. The average Bonchev–Trinajstić information content (AvgIpc) is 1.37. The molecule has 0 N–H and O–H groups in total. The van der Waals surface area contributed by atoms with Crippen molar-refractivity contribution in [3.63, 3.8) is 0 Å². The van der Waals surface area contributed by atoms with Gasteiger partial charge < -0.3 is 18.9 Å². The first-order valence-corrected chi connectivity index (χ1v) is 52.6. The van der Waals surface area contributed by atoms with Gasteiger partial charge in [-0.1, -0.05) is 0 Å². The molecule has 8 heteroatoms. The fraction of sp³-hybridized carbons (Fsp3) is 0.104.